The largest absolute Gasteiger partial charge is 0.515 e. The lowest BCUT2D eigenvalue weighted by Crippen LogP contribution is -2.28. The Bertz CT molecular complexity index is 604. The third-order valence-corrected chi connectivity index (χ3v) is 6.90. The molecule has 2 rings (SSSR count). The van der Waals surface area contributed by atoms with E-state index in [1.54, 1.807) is 6.33 Å². The molecule has 1 aromatic heterocycles. The molecule has 1 aromatic carbocycles. The minimum atomic E-state index is -2.56. The van der Waals surface area contributed by atoms with E-state index in [9.17, 15) is 5.11 Å². The van der Waals surface area contributed by atoms with Crippen molar-refractivity contribution in [3.8, 4) is 0 Å². The van der Waals surface area contributed by atoms with Crippen molar-refractivity contribution in [1.82, 2.24) is 9.97 Å². The Labute approximate surface area is 101 Å². The van der Waals surface area contributed by atoms with Gasteiger partial charge in [-0.05, 0) is 53.5 Å². The molecule has 0 aliphatic carbocycles. The third-order valence-electron chi connectivity index (χ3n) is 3.14. The van der Waals surface area contributed by atoms with E-state index in [0.29, 0.717) is 0 Å². The van der Waals surface area contributed by atoms with Crippen molar-refractivity contribution in [2.45, 2.75) is 4.90 Å². The number of hydrogen-bond acceptors (Lipinski definition) is 2. The van der Waals surface area contributed by atoms with Gasteiger partial charge in [0.25, 0.3) is 0 Å². The van der Waals surface area contributed by atoms with Crippen LogP contribution in [0.2, 0.25) is 0 Å². The highest BCUT2D eigenvalue weighted by atomic mass is 32.4. The zero-order valence-corrected chi connectivity index (χ0v) is 11.6. The highest BCUT2D eigenvalue weighted by molar-refractivity contribution is 8.64. The number of rotatable bonds is 2. The maximum absolute atomic E-state index is 9.20. The summed E-state index contributed by atoms with van der Waals surface area (Å²) in [5, 5.41) is 11.1. The van der Waals surface area contributed by atoms with E-state index in [1.165, 1.54) is 11.2 Å². The summed E-state index contributed by atoms with van der Waals surface area (Å²) >= 11 is 0. The molecule has 0 aliphatic heterocycles. The lowest BCUT2D eigenvalue weighted by Gasteiger charge is -2.66. The fraction of sp³-hybridized carbons (Fsp3) is 0.308. The average Bonchev–Trinajstić information content (AvgIpc) is 2.61. The van der Waals surface area contributed by atoms with Crippen LogP contribution in [-0.4, -0.2) is 40.1 Å². The molecule has 3 nitrogen and oxygen atoms in total. The van der Waals surface area contributed by atoms with E-state index in [-0.39, 0.29) is 0 Å². The van der Waals surface area contributed by atoms with E-state index in [4.69, 9.17) is 0 Å². The molecule has 0 aliphatic rings. The topological polar surface area (TPSA) is 48.9 Å². The lowest BCUT2D eigenvalue weighted by atomic mass is 10.3. The molecule has 0 saturated carbocycles. The smallest absolute Gasteiger partial charge is 0.0931 e. The average molecular weight is 252 g/mol. The minimum Gasteiger partial charge on any atom is -0.515 e. The second kappa shape index (κ2) is 2.88. The van der Waals surface area contributed by atoms with Gasteiger partial charge in [-0.3, -0.25) is 0 Å². The van der Waals surface area contributed by atoms with Gasteiger partial charge in [-0.1, -0.05) is 0 Å². The van der Waals surface area contributed by atoms with Crippen LogP contribution in [0, 0.1) is 0 Å². The quantitative estimate of drug-likeness (QED) is 0.805. The molecule has 0 amide bonds. The van der Waals surface area contributed by atoms with E-state index >= 15 is 0 Å². The van der Waals surface area contributed by atoms with Crippen LogP contribution in [0.25, 0.3) is 11.0 Å². The summed E-state index contributed by atoms with van der Waals surface area (Å²) in [5.74, 6) is 0. The van der Waals surface area contributed by atoms with Crippen molar-refractivity contribution in [2.24, 2.45) is 0 Å². The Morgan fingerprint density at radius 2 is 1.94 bits per heavy atom. The molecule has 17 heavy (non-hydrogen) atoms. The highest BCUT2D eigenvalue weighted by Crippen LogP contribution is 2.85. The Hall–Kier alpha value is -1.42. The SMILES string of the molecule is CS(C)(C)(C)(C=CO)c1ccc2nc[nH]c2c1. The van der Waals surface area contributed by atoms with Crippen molar-refractivity contribution < 1.29 is 5.11 Å². The maximum atomic E-state index is 9.20. The number of H-pyrrole nitrogens is 1. The van der Waals surface area contributed by atoms with E-state index in [2.05, 4.69) is 47.1 Å². The third kappa shape index (κ3) is 2.05. The molecule has 2 N–H and O–H groups in total. The number of hydrogen-bond donors (Lipinski definition) is 2. The van der Waals surface area contributed by atoms with Gasteiger partial charge in [0, 0.05) is 0 Å². The number of imidazole rings is 1. The predicted molar refractivity (Wildman–Crippen MR) is 77.4 cm³/mol. The van der Waals surface area contributed by atoms with Gasteiger partial charge in [0.15, 0.2) is 0 Å². The van der Waals surface area contributed by atoms with Crippen LogP contribution in [0.15, 0.2) is 41.1 Å². The van der Waals surface area contributed by atoms with Gasteiger partial charge in [-0.25, -0.2) is 13.3 Å². The normalized spacial score (nSPS) is 17.2. The van der Waals surface area contributed by atoms with Gasteiger partial charge >= 0.3 is 0 Å². The van der Waals surface area contributed by atoms with Crippen LogP contribution < -0.4 is 0 Å². The first-order chi connectivity index (χ1) is 7.65. The molecule has 0 fully saturated rings. The van der Waals surface area contributed by atoms with E-state index < -0.39 is 8.29 Å². The summed E-state index contributed by atoms with van der Waals surface area (Å²) < 4.78 is 0. The molecule has 0 unspecified atom stereocenters. The van der Waals surface area contributed by atoms with Gasteiger partial charge in [-0.2, -0.15) is 0 Å². The van der Waals surface area contributed by atoms with Crippen LogP contribution in [-0.2, 0) is 0 Å². The molecule has 1 heterocycles. The Balaban J connectivity index is 2.75. The number of aromatic amines is 1. The van der Waals surface area contributed by atoms with Crippen LogP contribution in [0.5, 0.6) is 0 Å². The standard InChI is InChI=1S/C13H20N2OS/c1-17(2,3,4,8-7-16)11-5-6-12-13(9-11)15-10-14-12/h5-10,16H,1-4H3,(H,14,15). The summed E-state index contributed by atoms with van der Waals surface area (Å²) in [6, 6.07) is 6.25. The van der Waals surface area contributed by atoms with E-state index in [0.717, 1.165) is 11.0 Å². The first-order valence-corrected chi connectivity index (χ1v) is 9.57. The first-order valence-electron chi connectivity index (χ1n) is 5.42. The second-order valence-corrected chi connectivity index (χ2v) is 16.1. The molecule has 94 valence electrons. The zero-order chi connectivity index (χ0) is 12.8. The Morgan fingerprint density at radius 3 is 2.59 bits per heavy atom. The van der Waals surface area contributed by atoms with Crippen LogP contribution in [0.3, 0.4) is 0 Å². The molecule has 4 heteroatoms. The molecular weight excluding hydrogens is 232 g/mol. The number of nitrogens with zero attached hydrogens (tertiary/aromatic N) is 1. The number of aliphatic hydroxyl groups is 1. The fourth-order valence-electron chi connectivity index (χ4n) is 1.85. The molecule has 0 spiro atoms. The van der Waals surface area contributed by atoms with Crippen molar-refractivity contribution in [2.75, 3.05) is 25.0 Å². The lowest BCUT2D eigenvalue weighted by molar-refractivity contribution is 0.475. The number of benzene rings is 1. The first kappa shape index (κ1) is 12.0. The maximum Gasteiger partial charge on any atom is 0.0931 e. The van der Waals surface area contributed by atoms with Crippen LogP contribution >= 0.6 is 8.29 Å². The summed E-state index contributed by atoms with van der Waals surface area (Å²) in [4.78, 5) is 8.58. The summed E-state index contributed by atoms with van der Waals surface area (Å²) in [7, 11) is -2.56. The second-order valence-electron chi connectivity index (χ2n) is 6.69. The van der Waals surface area contributed by atoms with Gasteiger partial charge in [-0.15, -0.1) is 0 Å². The summed E-state index contributed by atoms with van der Waals surface area (Å²) in [6.45, 7) is 0. The molecular formula is C13H20N2OS. The van der Waals surface area contributed by atoms with Crippen LogP contribution in [0.4, 0.5) is 0 Å². The van der Waals surface area contributed by atoms with Crippen LogP contribution in [0.1, 0.15) is 0 Å². The van der Waals surface area contributed by atoms with E-state index in [1.807, 2.05) is 11.5 Å². The van der Waals surface area contributed by atoms with Crippen molar-refractivity contribution >= 4 is 19.3 Å². The number of aromatic nitrogens is 2. The fourth-order valence-corrected chi connectivity index (χ4v) is 3.90. The number of nitrogens with one attached hydrogen (secondary N) is 1. The highest BCUT2D eigenvalue weighted by Gasteiger charge is 2.42. The molecule has 0 radical (unpaired) electrons. The summed E-state index contributed by atoms with van der Waals surface area (Å²) in [5.41, 5.74) is 2.00. The van der Waals surface area contributed by atoms with Gasteiger partial charge in [0.2, 0.25) is 0 Å². The predicted octanol–water partition coefficient (Wildman–Crippen LogP) is 3.35. The molecule has 2 aromatic rings. The molecule has 0 atom stereocenters. The number of fused-ring (bicyclic) bond motifs is 1. The summed E-state index contributed by atoms with van der Waals surface area (Å²) in [6.07, 6.45) is 11.7. The Kier molecular flexibility index (Phi) is 2.04. The Morgan fingerprint density at radius 1 is 1.24 bits per heavy atom. The van der Waals surface area contributed by atoms with Gasteiger partial charge in [0.1, 0.15) is 0 Å². The minimum absolute atomic E-state index is 0.968. The van der Waals surface area contributed by atoms with Crippen molar-refractivity contribution in [1.29, 1.82) is 0 Å². The van der Waals surface area contributed by atoms with Gasteiger partial charge in [0.05, 0.1) is 23.6 Å². The van der Waals surface area contributed by atoms with Gasteiger partial charge < -0.3 is 10.1 Å². The molecule has 0 saturated heterocycles. The number of aliphatic hydroxyl groups excluding tert-OH is 1. The zero-order valence-electron chi connectivity index (χ0n) is 10.8. The van der Waals surface area contributed by atoms with Crippen molar-refractivity contribution in [3.05, 3.63) is 36.2 Å². The monoisotopic (exact) mass is 252 g/mol. The van der Waals surface area contributed by atoms with Crippen molar-refractivity contribution in [3.63, 3.8) is 0 Å². The molecule has 0 bridgehead atoms.